The number of hydrogen-bond acceptors (Lipinski definition) is 6. The summed E-state index contributed by atoms with van der Waals surface area (Å²) in [6.45, 7) is 1.10. The number of carbonyl (C=O) groups excluding carboxylic acids is 2. The van der Waals surface area contributed by atoms with E-state index in [0.29, 0.717) is 19.1 Å². The second kappa shape index (κ2) is 7.67. The molecule has 1 saturated carbocycles. The van der Waals surface area contributed by atoms with Gasteiger partial charge in [0.1, 0.15) is 0 Å². The third-order valence-electron chi connectivity index (χ3n) is 5.00. The van der Waals surface area contributed by atoms with Gasteiger partial charge < -0.3 is 10.6 Å². The van der Waals surface area contributed by atoms with E-state index in [0.717, 1.165) is 42.2 Å². The quantitative estimate of drug-likeness (QED) is 0.754. The molecule has 27 heavy (non-hydrogen) atoms. The Hall–Kier alpha value is -2.42. The highest BCUT2D eigenvalue weighted by Crippen LogP contribution is 2.41. The molecular formula is C18H22N6O2S. The van der Waals surface area contributed by atoms with Gasteiger partial charge in [-0.25, -0.2) is 0 Å². The summed E-state index contributed by atoms with van der Waals surface area (Å²) in [5.41, 5.74) is 6.33. The van der Waals surface area contributed by atoms with Crippen LogP contribution in [0.5, 0.6) is 0 Å². The molecule has 142 valence electrons. The maximum Gasteiger partial charge on any atom is 0.233 e. The molecule has 1 aliphatic carbocycles. The molecule has 2 aromatic rings. The molecular weight excluding hydrogens is 364 g/mol. The smallest absolute Gasteiger partial charge is 0.233 e. The van der Waals surface area contributed by atoms with Gasteiger partial charge in [0.25, 0.3) is 0 Å². The number of primary amides is 1. The zero-order chi connectivity index (χ0) is 18.8. The van der Waals surface area contributed by atoms with Gasteiger partial charge in [0.2, 0.25) is 11.8 Å². The molecule has 0 aromatic carbocycles. The maximum absolute atomic E-state index is 12.6. The van der Waals surface area contributed by atoms with E-state index in [2.05, 4.69) is 19.7 Å². The Morgan fingerprint density at radius 3 is 2.81 bits per heavy atom. The standard InChI is InChI=1S/C18H22N6O2S/c19-16(26)13-4-2-8-23(10-13)15(25)11-27-18-22-21-17(24(18)14-5-6-14)12-3-1-7-20-9-12/h1,3,7,9,13-14H,2,4-6,8,10-11H2,(H2,19,26)/t13-/m1/s1. The number of hydrogen-bond donors (Lipinski definition) is 1. The minimum absolute atomic E-state index is 0.0132. The van der Waals surface area contributed by atoms with E-state index in [-0.39, 0.29) is 23.5 Å². The number of pyridine rings is 1. The molecule has 9 heteroatoms. The fraction of sp³-hybridized carbons (Fsp3) is 0.500. The molecule has 2 N–H and O–H groups in total. The fourth-order valence-electron chi connectivity index (χ4n) is 3.38. The lowest BCUT2D eigenvalue weighted by Gasteiger charge is -2.31. The van der Waals surface area contributed by atoms with Crippen LogP contribution in [-0.2, 0) is 9.59 Å². The predicted octanol–water partition coefficient (Wildman–Crippen LogP) is 1.49. The first-order valence-corrected chi connectivity index (χ1v) is 10.2. The lowest BCUT2D eigenvalue weighted by atomic mass is 9.97. The summed E-state index contributed by atoms with van der Waals surface area (Å²) < 4.78 is 2.12. The van der Waals surface area contributed by atoms with Crippen LogP contribution in [0, 0.1) is 5.92 Å². The van der Waals surface area contributed by atoms with Crippen LogP contribution in [0.4, 0.5) is 0 Å². The van der Waals surface area contributed by atoms with Gasteiger partial charge in [-0.1, -0.05) is 11.8 Å². The van der Waals surface area contributed by atoms with E-state index >= 15 is 0 Å². The Morgan fingerprint density at radius 2 is 2.11 bits per heavy atom. The number of nitrogens with zero attached hydrogens (tertiary/aromatic N) is 5. The van der Waals surface area contributed by atoms with Gasteiger partial charge in [0.05, 0.1) is 11.7 Å². The van der Waals surface area contributed by atoms with E-state index in [9.17, 15) is 9.59 Å². The third kappa shape index (κ3) is 3.97. The highest BCUT2D eigenvalue weighted by atomic mass is 32.2. The number of thioether (sulfide) groups is 1. The molecule has 0 unspecified atom stereocenters. The Bertz CT molecular complexity index is 836. The average molecular weight is 386 g/mol. The zero-order valence-corrected chi connectivity index (χ0v) is 15.8. The molecule has 4 rings (SSSR count). The van der Waals surface area contributed by atoms with Crippen molar-refractivity contribution in [2.75, 3.05) is 18.8 Å². The van der Waals surface area contributed by atoms with Crippen LogP contribution in [0.25, 0.3) is 11.4 Å². The summed E-state index contributed by atoms with van der Waals surface area (Å²) in [7, 11) is 0. The molecule has 0 spiro atoms. The molecule has 3 heterocycles. The Morgan fingerprint density at radius 1 is 1.26 bits per heavy atom. The molecule has 8 nitrogen and oxygen atoms in total. The molecule has 2 aromatic heterocycles. The number of carbonyl (C=O) groups is 2. The van der Waals surface area contributed by atoms with Gasteiger partial charge in [0, 0.05) is 37.1 Å². The first-order valence-electron chi connectivity index (χ1n) is 9.18. The minimum Gasteiger partial charge on any atom is -0.369 e. The number of aromatic nitrogens is 4. The third-order valence-corrected chi connectivity index (χ3v) is 5.93. The van der Waals surface area contributed by atoms with Crippen molar-refractivity contribution >= 4 is 23.6 Å². The topological polar surface area (TPSA) is 107 Å². The summed E-state index contributed by atoms with van der Waals surface area (Å²) in [5.74, 6) is 0.532. The van der Waals surface area contributed by atoms with Crippen molar-refractivity contribution in [3.63, 3.8) is 0 Å². The summed E-state index contributed by atoms with van der Waals surface area (Å²) in [6, 6.07) is 4.23. The molecule has 0 radical (unpaired) electrons. The number of piperidine rings is 1. The largest absolute Gasteiger partial charge is 0.369 e. The number of likely N-dealkylation sites (tertiary alicyclic amines) is 1. The lowest BCUT2D eigenvalue weighted by Crippen LogP contribution is -2.44. The van der Waals surface area contributed by atoms with E-state index in [4.69, 9.17) is 5.73 Å². The van der Waals surface area contributed by atoms with Gasteiger partial charge >= 0.3 is 0 Å². The Balaban J connectivity index is 1.45. The minimum atomic E-state index is -0.324. The summed E-state index contributed by atoms with van der Waals surface area (Å²) >= 11 is 1.40. The van der Waals surface area contributed by atoms with Gasteiger partial charge in [-0.2, -0.15) is 0 Å². The van der Waals surface area contributed by atoms with Crippen molar-refractivity contribution in [2.45, 2.75) is 36.9 Å². The molecule has 0 bridgehead atoms. The van der Waals surface area contributed by atoms with E-state index in [1.165, 1.54) is 11.8 Å². The number of nitrogens with two attached hydrogens (primary N) is 1. The van der Waals surface area contributed by atoms with Crippen LogP contribution in [0.2, 0.25) is 0 Å². The first-order chi connectivity index (χ1) is 13.1. The van der Waals surface area contributed by atoms with E-state index in [1.807, 2.05) is 12.1 Å². The highest BCUT2D eigenvalue weighted by molar-refractivity contribution is 7.99. The predicted molar refractivity (Wildman–Crippen MR) is 101 cm³/mol. The van der Waals surface area contributed by atoms with E-state index in [1.54, 1.807) is 17.3 Å². The summed E-state index contributed by atoms with van der Waals surface area (Å²) in [6.07, 6.45) is 7.27. The van der Waals surface area contributed by atoms with Crippen molar-refractivity contribution in [1.82, 2.24) is 24.6 Å². The zero-order valence-electron chi connectivity index (χ0n) is 15.0. The van der Waals surface area contributed by atoms with Gasteiger partial charge in [-0.05, 0) is 37.8 Å². The van der Waals surface area contributed by atoms with Crippen LogP contribution < -0.4 is 5.73 Å². The Labute approximate surface area is 161 Å². The number of amides is 2. The lowest BCUT2D eigenvalue weighted by molar-refractivity contribution is -0.132. The molecule has 1 aliphatic heterocycles. The van der Waals surface area contributed by atoms with Crippen LogP contribution in [-0.4, -0.2) is 55.3 Å². The van der Waals surface area contributed by atoms with Crippen molar-refractivity contribution in [3.8, 4) is 11.4 Å². The van der Waals surface area contributed by atoms with Gasteiger partial charge in [0.15, 0.2) is 11.0 Å². The second-order valence-corrected chi connectivity index (χ2v) is 7.96. The Kier molecular flexibility index (Phi) is 5.11. The number of rotatable bonds is 6. The van der Waals surface area contributed by atoms with Crippen molar-refractivity contribution in [2.24, 2.45) is 11.7 Å². The van der Waals surface area contributed by atoms with Crippen LogP contribution in [0.1, 0.15) is 31.7 Å². The van der Waals surface area contributed by atoms with Gasteiger partial charge in [-0.15, -0.1) is 10.2 Å². The van der Waals surface area contributed by atoms with Crippen LogP contribution >= 0.6 is 11.8 Å². The van der Waals surface area contributed by atoms with Gasteiger partial charge in [-0.3, -0.25) is 19.1 Å². The van der Waals surface area contributed by atoms with Crippen molar-refractivity contribution in [3.05, 3.63) is 24.5 Å². The molecule has 2 aliphatic rings. The average Bonchev–Trinajstić information content (AvgIpc) is 3.45. The van der Waals surface area contributed by atoms with Crippen LogP contribution in [0.3, 0.4) is 0 Å². The molecule has 1 saturated heterocycles. The molecule has 2 fully saturated rings. The molecule has 1 atom stereocenters. The SMILES string of the molecule is NC(=O)[C@@H]1CCCN(C(=O)CSc2nnc(-c3cccnc3)n2C2CC2)C1. The summed E-state index contributed by atoms with van der Waals surface area (Å²) in [4.78, 5) is 29.9. The normalized spacial score (nSPS) is 19.9. The highest BCUT2D eigenvalue weighted by Gasteiger charge is 2.31. The van der Waals surface area contributed by atoms with Crippen LogP contribution in [0.15, 0.2) is 29.7 Å². The van der Waals surface area contributed by atoms with Crippen molar-refractivity contribution < 1.29 is 9.59 Å². The monoisotopic (exact) mass is 386 g/mol. The van der Waals surface area contributed by atoms with E-state index < -0.39 is 0 Å². The maximum atomic E-state index is 12.6. The fourth-order valence-corrected chi connectivity index (χ4v) is 4.29. The second-order valence-electron chi connectivity index (χ2n) is 7.02. The summed E-state index contributed by atoms with van der Waals surface area (Å²) in [5, 5.41) is 9.41. The van der Waals surface area contributed by atoms with Crippen molar-refractivity contribution in [1.29, 1.82) is 0 Å². The molecule has 2 amide bonds. The first kappa shape index (κ1) is 18.0.